The highest BCUT2D eigenvalue weighted by atomic mass is 14.8. The zero-order valence-corrected chi connectivity index (χ0v) is 19.2. The number of hydrogen-bond donors (Lipinski definition) is 2. The molecule has 4 N–H and O–H groups in total. The van der Waals surface area contributed by atoms with Gasteiger partial charge in [0, 0.05) is 56.4 Å². The largest absolute Gasteiger partial charge is 0.398 e. The minimum Gasteiger partial charge on any atom is -0.398 e. The predicted molar refractivity (Wildman–Crippen MR) is 147 cm³/mol. The second-order valence-corrected chi connectivity index (χ2v) is 8.85. The number of rotatable bonds is 2. The lowest BCUT2D eigenvalue weighted by molar-refractivity contribution is 1.36. The number of hydrogen-bond acceptors (Lipinski definition) is 6. The van der Waals surface area contributed by atoms with Gasteiger partial charge in [0.1, 0.15) is 0 Å². The molecule has 6 heteroatoms. The summed E-state index contributed by atoms with van der Waals surface area (Å²) in [5.41, 5.74) is 20.9. The van der Waals surface area contributed by atoms with E-state index in [4.69, 9.17) is 21.4 Å². The molecule has 0 unspecified atom stereocenters. The van der Waals surface area contributed by atoms with Gasteiger partial charge in [0.15, 0.2) is 0 Å². The van der Waals surface area contributed by atoms with Crippen molar-refractivity contribution in [1.29, 1.82) is 0 Å². The molecule has 0 spiro atoms. The monoisotopic (exact) mass is 464 g/mol. The van der Waals surface area contributed by atoms with E-state index < -0.39 is 0 Å². The van der Waals surface area contributed by atoms with E-state index in [0.717, 1.165) is 66.1 Å². The first kappa shape index (κ1) is 20.3. The number of pyridine rings is 4. The molecular weight excluding hydrogens is 444 g/mol. The first-order valence-electron chi connectivity index (χ1n) is 11.6. The molecule has 0 atom stereocenters. The van der Waals surface area contributed by atoms with Gasteiger partial charge in [-0.15, -0.1) is 0 Å². The summed E-state index contributed by atoms with van der Waals surface area (Å²) in [7, 11) is 0. The van der Waals surface area contributed by atoms with Crippen LogP contribution in [0.4, 0.5) is 11.4 Å². The molecule has 0 fully saturated rings. The van der Waals surface area contributed by atoms with Crippen molar-refractivity contribution in [3.8, 4) is 22.5 Å². The van der Waals surface area contributed by atoms with Crippen LogP contribution in [0.25, 0.3) is 66.1 Å². The number of nitrogens with two attached hydrogens (primary N) is 2. The van der Waals surface area contributed by atoms with Crippen molar-refractivity contribution in [3.05, 3.63) is 97.3 Å². The third-order valence-electron chi connectivity index (χ3n) is 6.62. The van der Waals surface area contributed by atoms with Crippen molar-refractivity contribution in [3.63, 3.8) is 0 Å². The van der Waals surface area contributed by atoms with Gasteiger partial charge in [0.05, 0.1) is 33.5 Å². The zero-order chi connectivity index (χ0) is 24.2. The molecule has 0 saturated heterocycles. The van der Waals surface area contributed by atoms with Crippen LogP contribution in [0, 0.1) is 0 Å². The molecule has 0 saturated carbocycles. The molecule has 0 radical (unpaired) electrons. The van der Waals surface area contributed by atoms with Crippen LogP contribution in [-0.2, 0) is 0 Å². The van der Waals surface area contributed by atoms with Crippen LogP contribution in [-0.4, -0.2) is 19.9 Å². The van der Waals surface area contributed by atoms with Gasteiger partial charge in [-0.3, -0.25) is 9.97 Å². The third-order valence-corrected chi connectivity index (χ3v) is 6.62. The van der Waals surface area contributed by atoms with Gasteiger partial charge in [-0.25, -0.2) is 9.97 Å². The Balaban J connectivity index is 1.38. The van der Waals surface area contributed by atoms with Gasteiger partial charge >= 0.3 is 0 Å². The average molecular weight is 465 g/mol. The van der Waals surface area contributed by atoms with Crippen molar-refractivity contribution in [2.45, 2.75) is 0 Å². The van der Waals surface area contributed by atoms with E-state index >= 15 is 0 Å². The summed E-state index contributed by atoms with van der Waals surface area (Å²) in [5.74, 6) is 0. The van der Waals surface area contributed by atoms with Gasteiger partial charge in [0.2, 0.25) is 0 Å². The number of anilines is 2. The van der Waals surface area contributed by atoms with E-state index in [1.807, 2.05) is 66.7 Å². The van der Waals surface area contributed by atoms with Crippen molar-refractivity contribution >= 4 is 55.0 Å². The van der Waals surface area contributed by atoms with Crippen LogP contribution in [0.5, 0.6) is 0 Å². The van der Waals surface area contributed by atoms with Gasteiger partial charge in [0.25, 0.3) is 0 Å². The molecule has 36 heavy (non-hydrogen) atoms. The maximum atomic E-state index is 6.25. The first-order valence-corrected chi connectivity index (χ1v) is 11.6. The minimum absolute atomic E-state index is 0.702. The van der Waals surface area contributed by atoms with Gasteiger partial charge in [-0.1, -0.05) is 30.3 Å². The molecule has 170 valence electrons. The Bertz CT molecular complexity index is 1840. The molecule has 0 aliphatic rings. The molecule has 0 bridgehead atoms. The number of nitrogens with zero attached hydrogens (tertiary/aromatic N) is 4. The van der Waals surface area contributed by atoms with Gasteiger partial charge in [-0.2, -0.15) is 0 Å². The highest BCUT2D eigenvalue weighted by molar-refractivity contribution is 6.10. The molecule has 0 aliphatic carbocycles. The van der Waals surface area contributed by atoms with Crippen molar-refractivity contribution in [2.75, 3.05) is 11.5 Å². The standard InChI is InChI=1S/C30H20N6/c31-23-15-19-8-10-25(35-27(19)29-21(23)6-2-12-33-29)17-4-1-5-18(14-17)26-11-9-20-16-24(32)22-7-3-13-34-30(22)28(20)36-26/h1-16H,31-32H2. The predicted octanol–water partition coefficient (Wildman–Crippen LogP) is 6.38. The second-order valence-electron chi connectivity index (χ2n) is 8.85. The highest BCUT2D eigenvalue weighted by Crippen LogP contribution is 2.33. The first-order chi connectivity index (χ1) is 17.7. The average Bonchev–Trinajstić information content (AvgIpc) is 2.93. The van der Waals surface area contributed by atoms with E-state index in [0.29, 0.717) is 11.4 Å². The van der Waals surface area contributed by atoms with Crippen molar-refractivity contribution < 1.29 is 0 Å². The Morgan fingerprint density at radius 1 is 0.472 bits per heavy atom. The van der Waals surface area contributed by atoms with E-state index in [-0.39, 0.29) is 0 Å². The molecule has 6 nitrogen and oxygen atoms in total. The molecule has 0 aliphatic heterocycles. The molecule has 7 aromatic rings. The molecule has 7 rings (SSSR count). The lowest BCUT2D eigenvalue weighted by Crippen LogP contribution is -1.94. The Morgan fingerprint density at radius 2 is 0.972 bits per heavy atom. The van der Waals surface area contributed by atoms with Gasteiger partial charge < -0.3 is 11.5 Å². The smallest absolute Gasteiger partial charge is 0.0985 e. The van der Waals surface area contributed by atoms with E-state index in [1.165, 1.54) is 0 Å². The number of benzene rings is 3. The Labute approximate surface area is 206 Å². The zero-order valence-electron chi connectivity index (χ0n) is 19.2. The normalized spacial score (nSPS) is 11.6. The Kier molecular flexibility index (Phi) is 4.35. The van der Waals surface area contributed by atoms with Crippen molar-refractivity contribution in [2.24, 2.45) is 0 Å². The summed E-state index contributed by atoms with van der Waals surface area (Å²) in [6.45, 7) is 0. The molecule has 4 aromatic heterocycles. The van der Waals surface area contributed by atoms with E-state index in [2.05, 4.69) is 28.2 Å². The topological polar surface area (TPSA) is 104 Å². The molecular formula is C30H20N6. The maximum absolute atomic E-state index is 6.25. The summed E-state index contributed by atoms with van der Waals surface area (Å²) >= 11 is 0. The fourth-order valence-corrected chi connectivity index (χ4v) is 4.86. The third kappa shape index (κ3) is 3.12. The molecule has 4 heterocycles. The van der Waals surface area contributed by atoms with Crippen LogP contribution in [0.2, 0.25) is 0 Å². The number of fused-ring (bicyclic) bond motifs is 6. The lowest BCUT2D eigenvalue weighted by Gasteiger charge is -2.10. The quantitative estimate of drug-likeness (QED) is 0.227. The summed E-state index contributed by atoms with van der Waals surface area (Å²) in [6, 6.07) is 28.0. The van der Waals surface area contributed by atoms with E-state index in [9.17, 15) is 0 Å². The summed E-state index contributed by atoms with van der Waals surface area (Å²) < 4.78 is 0. The van der Waals surface area contributed by atoms with E-state index in [1.54, 1.807) is 12.4 Å². The minimum atomic E-state index is 0.702. The maximum Gasteiger partial charge on any atom is 0.0985 e. The highest BCUT2D eigenvalue weighted by Gasteiger charge is 2.12. The van der Waals surface area contributed by atoms with Crippen molar-refractivity contribution in [1.82, 2.24) is 19.9 Å². The SMILES string of the molecule is Nc1cc2ccc(-c3cccc(-c4ccc5cc(N)c6cccnc6c5n4)c3)nc2c2ncccc12. The second kappa shape index (κ2) is 7.71. The van der Waals surface area contributed by atoms with Crippen LogP contribution in [0.15, 0.2) is 97.3 Å². The van der Waals surface area contributed by atoms with Crippen LogP contribution >= 0.6 is 0 Å². The number of nitrogen functional groups attached to an aromatic ring is 2. The summed E-state index contributed by atoms with van der Waals surface area (Å²) in [5, 5.41) is 3.75. The molecule has 0 amide bonds. The van der Waals surface area contributed by atoms with Gasteiger partial charge in [-0.05, 0) is 54.6 Å². The van der Waals surface area contributed by atoms with Crippen LogP contribution < -0.4 is 11.5 Å². The lowest BCUT2D eigenvalue weighted by atomic mass is 10.0. The number of aromatic nitrogens is 4. The fourth-order valence-electron chi connectivity index (χ4n) is 4.86. The van der Waals surface area contributed by atoms with Crippen LogP contribution in [0.1, 0.15) is 0 Å². The molecule has 3 aromatic carbocycles. The Hall–Kier alpha value is -5.10. The summed E-state index contributed by atoms with van der Waals surface area (Å²) in [6.07, 6.45) is 3.54. The fraction of sp³-hybridized carbons (Fsp3) is 0. The van der Waals surface area contributed by atoms with Crippen LogP contribution in [0.3, 0.4) is 0 Å². The summed E-state index contributed by atoms with van der Waals surface area (Å²) in [4.78, 5) is 19.1. The Morgan fingerprint density at radius 3 is 1.47 bits per heavy atom.